The number of carbonyl (C=O) groups excluding carboxylic acids is 1. The fourth-order valence-electron chi connectivity index (χ4n) is 1.11. The zero-order valence-corrected chi connectivity index (χ0v) is 9.84. The van der Waals surface area contributed by atoms with Gasteiger partial charge in [0.2, 0.25) is 0 Å². The molecule has 0 unspecified atom stereocenters. The first kappa shape index (κ1) is 12.0. The average Bonchev–Trinajstić information content (AvgIpc) is 2.63. The number of thiophene rings is 1. The molecule has 2 N–H and O–H groups in total. The Bertz CT molecular complexity index is 325. The summed E-state index contributed by atoms with van der Waals surface area (Å²) in [4.78, 5) is 14.0. The van der Waals surface area contributed by atoms with E-state index in [1.807, 2.05) is 12.3 Å². The van der Waals surface area contributed by atoms with E-state index < -0.39 is 0 Å². The van der Waals surface area contributed by atoms with Gasteiger partial charge in [0.05, 0.1) is 12.3 Å². The molecule has 5 heteroatoms. The van der Waals surface area contributed by atoms with Gasteiger partial charge in [0.25, 0.3) is 5.91 Å². The molecule has 1 amide bonds. The van der Waals surface area contributed by atoms with E-state index >= 15 is 0 Å². The Morgan fingerprint density at radius 3 is 2.93 bits per heavy atom. The molecule has 0 aromatic carbocycles. The number of amides is 1. The molecule has 84 valence electrons. The predicted octanol–water partition coefficient (Wildman–Crippen LogP) is 1.44. The Labute approximate surface area is 93.6 Å². The second-order valence-corrected chi connectivity index (χ2v) is 4.04. The molecular weight excluding hydrogens is 212 g/mol. The lowest BCUT2D eigenvalue weighted by molar-refractivity contribution is 0.0715. The lowest BCUT2D eigenvalue weighted by atomic mass is 10.3. The molecule has 0 bridgehead atoms. The van der Waals surface area contributed by atoms with Gasteiger partial charge in [-0.2, -0.15) is 0 Å². The van der Waals surface area contributed by atoms with Crippen molar-refractivity contribution >= 4 is 22.9 Å². The lowest BCUT2D eigenvalue weighted by Gasteiger charge is -2.16. The van der Waals surface area contributed by atoms with Crippen LogP contribution in [0, 0.1) is 0 Å². The summed E-state index contributed by atoms with van der Waals surface area (Å²) in [5, 5.41) is 1.82. The number of anilines is 1. The normalized spacial score (nSPS) is 10.3. The number of carbonyl (C=O) groups is 1. The molecule has 0 aliphatic carbocycles. The molecule has 0 aliphatic rings. The van der Waals surface area contributed by atoms with E-state index in [2.05, 4.69) is 0 Å². The number of nitrogens with two attached hydrogens (primary N) is 1. The largest absolute Gasteiger partial charge is 0.397 e. The summed E-state index contributed by atoms with van der Waals surface area (Å²) in [6.07, 6.45) is 0. The summed E-state index contributed by atoms with van der Waals surface area (Å²) >= 11 is 1.37. The zero-order chi connectivity index (χ0) is 11.3. The maximum atomic E-state index is 11.8. The van der Waals surface area contributed by atoms with Gasteiger partial charge in [-0.3, -0.25) is 4.79 Å². The molecule has 1 aromatic heterocycles. The fraction of sp³-hybridized carbons (Fsp3) is 0.500. The van der Waals surface area contributed by atoms with Crippen LogP contribution in [-0.4, -0.2) is 37.6 Å². The first-order chi connectivity index (χ1) is 7.16. The van der Waals surface area contributed by atoms with Crippen LogP contribution >= 0.6 is 11.3 Å². The molecule has 15 heavy (non-hydrogen) atoms. The van der Waals surface area contributed by atoms with Crippen molar-refractivity contribution in [3.05, 3.63) is 16.3 Å². The highest BCUT2D eigenvalue weighted by Crippen LogP contribution is 2.20. The molecule has 0 spiro atoms. The Balaban J connectivity index is 2.50. The number of hydrogen-bond donors (Lipinski definition) is 1. The van der Waals surface area contributed by atoms with Crippen LogP contribution in [-0.2, 0) is 4.74 Å². The predicted molar refractivity (Wildman–Crippen MR) is 62.2 cm³/mol. The van der Waals surface area contributed by atoms with Crippen molar-refractivity contribution in [2.24, 2.45) is 0 Å². The van der Waals surface area contributed by atoms with E-state index in [4.69, 9.17) is 10.5 Å². The van der Waals surface area contributed by atoms with E-state index in [-0.39, 0.29) is 5.91 Å². The zero-order valence-electron chi connectivity index (χ0n) is 9.03. The van der Waals surface area contributed by atoms with Crippen LogP contribution < -0.4 is 5.73 Å². The van der Waals surface area contributed by atoms with E-state index in [1.165, 1.54) is 11.3 Å². The number of hydrogen-bond acceptors (Lipinski definition) is 4. The van der Waals surface area contributed by atoms with E-state index in [0.717, 1.165) is 0 Å². The van der Waals surface area contributed by atoms with E-state index in [1.54, 1.807) is 18.0 Å². The lowest BCUT2D eigenvalue weighted by Crippen LogP contribution is -2.30. The quantitative estimate of drug-likeness (QED) is 0.776. The molecule has 4 nitrogen and oxygen atoms in total. The monoisotopic (exact) mass is 228 g/mol. The fourth-order valence-corrected chi connectivity index (χ4v) is 1.93. The average molecular weight is 228 g/mol. The maximum Gasteiger partial charge on any atom is 0.265 e. The van der Waals surface area contributed by atoms with Crippen LogP contribution in [0.4, 0.5) is 5.69 Å². The van der Waals surface area contributed by atoms with Crippen molar-refractivity contribution in [2.45, 2.75) is 6.92 Å². The third kappa shape index (κ3) is 3.21. The van der Waals surface area contributed by atoms with Crippen molar-refractivity contribution in [1.82, 2.24) is 4.90 Å². The Morgan fingerprint density at radius 1 is 1.67 bits per heavy atom. The smallest absolute Gasteiger partial charge is 0.265 e. The molecule has 0 saturated carbocycles. The molecule has 1 heterocycles. The van der Waals surface area contributed by atoms with Gasteiger partial charge < -0.3 is 15.4 Å². The SMILES string of the molecule is CCOCCN(C)C(=O)c1sccc1N. The van der Waals surface area contributed by atoms with Crippen LogP contribution in [0.15, 0.2) is 11.4 Å². The second kappa shape index (κ2) is 5.72. The van der Waals surface area contributed by atoms with Crippen molar-refractivity contribution in [3.63, 3.8) is 0 Å². The third-order valence-electron chi connectivity index (χ3n) is 2.01. The van der Waals surface area contributed by atoms with Gasteiger partial charge in [-0.15, -0.1) is 11.3 Å². The van der Waals surface area contributed by atoms with E-state index in [0.29, 0.717) is 30.3 Å². The van der Waals surface area contributed by atoms with Gasteiger partial charge in [-0.25, -0.2) is 0 Å². The molecule has 0 radical (unpaired) electrons. The van der Waals surface area contributed by atoms with Crippen LogP contribution in [0.5, 0.6) is 0 Å². The minimum atomic E-state index is -0.0396. The van der Waals surface area contributed by atoms with E-state index in [9.17, 15) is 4.79 Å². The highest BCUT2D eigenvalue weighted by atomic mass is 32.1. The summed E-state index contributed by atoms with van der Waals surface area (Å²) in [5.74, 6) is -0.0396. The van der Waals surface area contributed by atoms with Gasteiger partial charge in [0, 0.05) is 20.2 Å². The highest BCUT2D eigenvalue weighted by Gasteiger charge is 2.15. The van der Waals surface area contributed by atoms with Crippen molar-refractivity contribution in [1.29, 1.82) is 0 Å². The number of nitrogens with zero attached hydrogens (tertiary/aromatic N) is 1. The van der Waals surface area contributed by atoms with Crippen LogP contribution in [0.1, 0.15) is 16.6 Å². The Kier molecular flexibility index (Phi) is 4.58. The Hall–Kier alpha value is -1.07. The maximum absolute atomic E-state index is 11.8. The van der Waals surface area contributed by atoms with Crippen molar-refractivity contribution in [2.75, 3.05) is 32.5 Å². The molecular formula is C10H16N2O2S. The molecule has 0 saturated heterocycles. The molecule has 0 fully saturated rings. The van der Waals surface area contributed by atoms with Crippen molar-refractivity contribution < 1.29 is 9.53 Å². The summed E-state index contributed by atoms with van der Waals surface area (Å²) in [5.41, 5.74) is 6.22. The summed E-state index contributed by atoms with van der Waals surface area (Å²) in [6.45, 7) is 3.75. The van der Waals surface area contributed by atoms with Crippen LogP contribution in [0.3, 0.4) is 0 Å². The minimum absolute atomic E-state index is 0.0396. The van der Waals surface area contributed by atoms with Gasteiger partial charge in [-0.1, -0.05) is 0 Å². The van der Waals surface area contributed by atoms with Crippen LogP contribution in [0.2, 0.25) is 0 Å². The van der Waals surface area contributed by atoms with Gasteiger partial charge in [-0.05, 0) is 18.4 Å². The highest BCUT2D eigenvalue weighted by molar-refractivity contribution is 7.12. The van der Waals surface area contributed by atoms with Gasteiger partial charge in [0.1, 0.15) is 4.88 Å². The summed E-state index contributed by atoms with van der Waals surface area (Å²) in [7, 11) is 1.75. The first-order valence-corrected chi connectivity index (χ1v) is 5.71. The first-order valence-electron chi connectivity index (χ1n) is 4.83. The number of nitrogen functional groups attached to an aromatic ring is 1. The second-order valence-electron chi connectivity index (χ2n) is 3.13. The summed E-state index contributed by atoms with van der Waals surface area (Å²) in [6, 6.07) is 1.74. The number of likely N-dealkylation sites (N-methyl/N-ethyl adjacent to an activating group) is 1. The topological polar surface area (TPSA) is 55.6 Å². The van der Waals surface area contributed by atoms with Crippen molar-refractivity contribution in [3.8, 4) is 0 Å². The minimum Gasteiger partial charge on any atom is -0.397 e. The van der Waals surface area contributed by atoms with Gasteiger partial charge in [0.15, 0.2) is 0 Å². The van der Waals surface area contributed by atoms with Crippen LogP contribution in [0.25, 0.3) is 0 Å². The standard InChI is InChI=1S/C10H16N2O2S/c1-3-14-6-5-12(2)10(13)9-8(11)4-7-15-9/h4,7H,3,5-6,11H2,1-2H3. The van der Waals surface area contributed by atoms with Gasteiger partial charge >= 0.3 is 0 Å². The summed E-state index contributed by atoms with van der Waals surface area (Å²) < 4.78 is 5.18. The molecule has 0 aliphatic heterocycles. The number of rotatable bonds is 5. The molecule has 1 rings (SSSR count). The molecule has 1 aromatic rings. The number of ether oxygens (including phenoxy) is 1. The Morgan fingerprint density at radius 2 is 2.40 bits per heavy atom. The molecule has 0 atom stereocenters. The third-order valence-corrected chi connectivity index (χ3v) is 2.93.